The van der Waals surface area contributed by atoms with E-state index in [-0.39, 0.29) is 0 Å². The van der Waals surface area contributed by atoms with Gasteiger partial charge in [0.15, 0.2) is 0 Å². The molecule has 0 unspecified atom stereocenters. The van der Waals surface area contributed by atoms with E-state index >= 15 is 0 Å². The Morgan fingerprint density at radius 2 is 1.95 bits per heavy atom. The Balaban J connectivity index is 1.95. The summed E-state index contributed by atoms with van der Waals surface area (Å²) in [5.74, 6) is 1.98. The van der Waals surface area contributed by atoms with Crippen molar-refractivity contribution in [3.63, 3.8) is 0 Å². The van der Waals surface area contributed by atoms with Crippen molar-refractivity contribution in [3.05, 3.63) is 42.1 Å². The van der Waals surface area contributed by atoms with Crippen molar-refractivity contribution in [1.82, 2.24) is 9.97 Å². The van der Waals surface area contributed by atoms with Gasteiger partial charge in [-0.15, -0.1) is 0 Å². The van der Waals surface area contributed by atoms with Crippen molar-refractivity contribution in [2.75, 3.05) is 19.0 Å². The van der Waals surface area contributed by atoms with Crippen LogP contribution in [-0.2, 0) is 6.54 Å². The summed E-state index contributed by atoms with van der Waals surface area (Å²) in [6.45, 7) is 3.17. The van der Waals surface area contributed by atoms with Gasteiger partial charge >= 0.3 is 0 Å². The summed E-state index contributed by atoms with van der Waals surface area (Å²) < 4.78 is 10.4. The molecule has 0 spiro atoms. The van der Waals surface area contributed by atoms with E-state index in [1.165, 1.54) is 0 Å². The molecule has 0 bridgehead atoms. The van der Waals surface area contributed by atoms with Gasteiger partial charge in [0.2, 0.25) is 11.8 Å². The molecule has 5 nitrogen and oxygen atoms in total. The van der Waals surface area contributed by atoms with Gasteiger partial charge in [0.1, 0.15) is 5.75 Å². The highest BCUT2D eigenvalue weighted by molar-refractivity contribution is 5.32. The Kier molecular flexibility index (Phi) is 4.55. The van der Waals surface area contributed by atoms with E-state index in [0.717, 1.165) is 11.3 Å². The number of aromatic nitrogens is 2. The van der Waals surface area contributed by atoms with Gasteiger partial charge < -0.3 is 14.8 Å². The van der Waals surface area contributed by atoms with Crippen molar-refractivity contribution in [2.45, 2.75) is 13.5 Å². The highest BCUT2D eigenvalue weighted by Gasteiger charge is 2.00. The monoisotopic (exact) mass is 259 g/mol. The molecule has 0 amide bonds. The molecule has 1 heterocycles. The minimum Gasteiger partial charge on any atom is -0.497 e. The first-order chi connectivity index (χ1) is 9.31. The van der Waals surface area contributed by atoms with Gasteiger partial charge in [-0.25, -0.2) is 4.98 Å². The van der Waals surface area contributed by atoms with E-state index in [1.807, 2.05) is 31.2 Å². The molecule has 0 aliphatic rings. The fourth-order valence-electron chi connectivity index (χ4n) is 1.58. The van der Waals surface area contributed by atoms with Crippen molar-refractivity contribution >= 4 is 5.95 Å². The predicted octanol–water partition coefficient (Wildman–Crippen LogP) is 2.50. The molecule has 1 aromatic carbocycles. The molecule has 0 aliphatic carbocycles. The standard InChI is InChI=1S/C14H17N3O2/c1-3-19-13-8-9-15-14(17-13)16-10-11-4-6-12(18-2)7-5-11/h4-9H,3,10H2,1-2H3,(H,15,16,17). The molecular weight excluding hydrogens is 242 g/mol. The van der Waals surface area contributed by atoms with Crippen molar-refractivity contribution in [3.8, 4) is 11.6 Å². The van der Waals surface area contributed by atoms with Gasteiger partial charge in [-0.3, -0.25) is 0 Å². The maximum absolute atomic E-state index is 5.32. The third-order valence-corrected chi connectivity index (χ3v) is 2.53. The van der Waals surface area contributed by atoms with Crippen molar-refractivity contribution in [1.29, 1.82) is 0 Å². The van der Waals surface area contributed by atoms with E-state index in [0.29, 0.717) is 25.0 Å². The van der Waals surface area contributed by atoms with Gasteiger partial charge in [-0.05, 0) is 24.6 Å². The first kappa shape index (κ1) is 13.1. The molecule has 0 fully saturated rings. The third kappa shape index (κ3) is 3.84. The maximum Gasteiger partial charge on any atom is 0.226 e. The summed E-state index contributed by atoms with van der Waals surface area (Å²) in [5, 5.41) is 3.15. The number of ether oxygens (including phenoxy) is 2. The van der Waals surface area contributed by atoms with E-state index in [9.17, 15) is 0 Å². The normalized spacial score (nSPS) is 10.0. The van der Waals surface area contributed by atoms with Crippen LogP contribution in [0.4, 0.5) is 5.95 Å². The molecule has 0 saturated carbocycles. The first-order valence-electron chi connectivity index (χ1n) is 6.14. The fourth-order valence-corrected chi connectivity index (χ4v) is 1.58. The summed E-state index contributed by atoms with van der Waals surface area (Å²) in [6.07, 6.45) is 1.67. The second-order valence-corrected chi connectivity index (χ2v) is 3.85. The zero-order valence-corrected chi connectivity index (χ0v) is 11.1. The second-order valence-electron chi connectivity index (χ2n) is 3.85. The van der Waals surface area contributed by atoms with Crippen molar-refractivity contribution in [2.24, 2.45) is 0 Å². The maximum atomic E-state index is 5.32. The third-order valence-electron chi connectivity index (χ3n) is 2.53. The van der Waals surface area contributed by atoms with Gasteiger partial charge in [0.25, 0.3) is 0 Å². The number of nitrogens with one attached hydrogen (secondary N) is 1. The second kappa shape index (κ2) is 6.58. The number of methoxy groups -OCH3 is 1. The van der Waals surface area contributed by atoms with E-state index in [4.69, 9.17) is 9.47 Å². The summed E-state index contributed by atoms with van der Waals surface area (Å²) >= 11 is 0. The van der Waals surface area contributed by atoms with Crippen LogP contribution in [0.25, 0.3) is 0 Å². The molecule has 1 N–H and O–H groups in total. The van der Waals surface area contributed by atoms with E-state index in [2.05, 4.69) is 15.3 Å². The molecule has 0 atom stereocenters. The lowest BCUT2D eigenvalue weighted by Gasteiger charge is -2.07. The van der Waals surface area contributed by atoms with E-state index in [1.54, 1.807) is 19.4 Å². The Hall–Kier alpha value is -2.30. The van der Waals surface area contributed by atoms with Crippen LogP contribution >= 0.6 is 0 Å². The topological polar surface area (TPSA) is 56.3 Å². The Bertz CT molecular complexity index is 514. The number of hydrogen-bond donors (Lipinski definition) is 1. The summed E-state index contributed by atoms with van der Waals surface area (Å²) in [7, 11) is 1.65. The lowest BCUT2D eigenvalue weighted by atomic mass is 10.2. The number of hydrogen-bond acceptors (Lipinski definition) is 5. The zero-order valence-electron chi connectivity index (χ0n) is 11.1. The predicted molar refractivity (Wildman–Crippen MR) is 73.5 cm³/mol. The highest BCUT2D eigenvalue weighted by Crippen LogP contribution is 2.13. The van der Waals surface area contributed by atoms with Crippen molar-refractivity contribution < 1.29 is 9.47 Å². The molecule has 100 valence electrons. The van der Waals surface area contributed by atoms with Gasteiger partial charge in [-0.2, -0.15) is 4.98 Å². The largest absolute Gasteiger partial charge is 0.497 e. The average molecular weight is 259 g/mol. The molecule has 0 saturated heterocycles. The summed E-state index contributed by atoms with van der Waals surface area (Å²) in [4.78, 5) is 8.39. The molecule has 5 heteroatoms. The number of anilines is 1. The van der Waals surface area contributed by atoms with Gasteiger partial charge in [-0.1, -0.05) is 12.1 Å². The molecule has 19 heavy (non-hydrogen) atoms. The summed E-state index contributed by atoms with van der Waals surface area (Å²) in [5.41, 5.74) is 1.13. The van der Waals surface area contributed by atoms with Crippen LogP contribution in [0.3, 0.4) is 0 Å². The molecular formula is C14H17N3O2. The first-order valence-corrected chi connectivity index (χ1v) is 6.14. The molecule has 2 aromatic rings. The molecule has 2 rings (SSSR count). The lowest BCUT2D eigenvalue weighted by Crippen LogP contribution is -2.04. The number of nitrogens with zero attached hydrogens (tertiary/aromatic N) is 2. The Morgan fingerprint density at radius 1 is 1.16 bits per heavy atom. The minimum absolute atomic E-state index is 0.557. The fraction of sp³-hybridized carbons (Fsp3) is 0.286. The van der Waals surface area contributed by atoms with Gasteiger partial charge in [0, 0.05) is 18.8 Å². The van der Waals surface area contributed by atoms with Crippen LogP contribution in [0.2, 0.25) is 0 Å². The van der Waals surface area contributed by atoms with Crippen LogP contribution in [0, 0.1) is 0 Å². The minimum atomic E-state index is 0.557. The SMILES string of the molecule is CCOc1ccnc(NCc2ccc(OC)cc2)n1. The molecule has 0 aliphatic heterocycles. The van der Waals surface area contributed by atoms with Crippen LogP contribution in [0.1, 0.15) is 12.5 Å². The number of rotatable bonds is 6. The van der Waals surface area contributed by atoms with Crippen LogP contribution < -0.4 is 14.8 Å². The quantitative estimate of drug-likeness (QED) is 0.863. The van der Waals surface area contributed by atoms with Gasteiger partial charge in [0.05, 0.1) is 13.7 Å². The smallest absolute Gasteiger partial charge is 0.226 e. The summed E-state index contributed by atoms with van der Waals surface area (Å²) in [6, 6.07) is 9.58. The van der Waals surface area contributed by atoms with E-state index < -0.39 is 0 Å². The average Bonchev–Trinajstić information content (AvgIpc) is 2.46. The highest BCUT2D eigenvalue weighted by atomic mass is 16.5. The molecule has 0 radical (unpaired) electrons. The lowest BCUT2D eigenvalue weighted by molar-refractivity contribution is 0.326. The van der Waals surface area contributed by atoms with Crippen LogP contribution in [0.15, 0.2) is 36.5 Å². The Morgan fingerprint density at radius 3 is 2.63 bits per heavy atom. The van der Waals surface area contributed by atoms with Crippen LogP contribution in [-0.4, -0.2) is 23.7 Å². The molecule has 1 aromatic heterocycles. The van der Waals surface area contributed by atoms with Crippen LogP contribution in [0.5, 0.6) is 11.6 Å². The Labute approximate surface area is 112 Å². The zero-order chi connectivity index (χ0) is 13.5. The number of benzene rings is 1.